The first-order chi connectivity index (χ1) is 9.00. The fourth-order valence-electron chi connectivity index (χ4n) is 2.04. The van der Waals surface area contributed by atoms with Crippen molar-refractivity contribution >= 4 is 34.5 Å². The molecule has 5 nitrogen and oxygen atoms in total. The lowest BCUT2D eigenvalue weighted by molar-refractivity contribution is -0.130. The molecule has 1 atom stereocenters. The predicted molar refractivity (Wildman–Crippen MR) is 83.8 cm³/mol. The van der Waals surface area contributed by atoms with E-state index >= 15 is 0 Å². The van der Waals surface area contributed by atoms with Crippen LogP contribution in [0.2, 0.25) is 0 Å². The van der Waals surface area contributed by atoms with E-state index in [-0.39, 0.29) is 18.4 Å². The molecule has 102 valence electrons. The lowest BCUT2D eigenvalue weighted by atomic mass is 10.0. The van der Waals surface area contributed by atoms with Crippen molar-refractivity contribution in [2.45, 2.75) is 23.4 Å². The second kappa shape index (κ2) is 5.46. The van der Waals surface area contributed by atoms with E-state index in [4.69, 9.17) is 11.5 Å². The highest BCUT2D eigenvalue weighted by Crippen LogP contribution is 2.22. The van der Waals surface area contributed by atoms with Crippen molar-refractivity contribution in [2.24, 2.45) is 16.5 Å². The molecule has 1 unspecified atom stereocenters. The largest absolute Gasteiger partial charge is 0.369 e. The van der Waals surface area contributed by atoms with Crippen molar-refractivity contribution < 1.29 is 4.79 Å². The van der Waals surface area contributed by atoms with Crippen molar-refractivity contribution in [2.75, 3.05) is 6.54 Å². The third-order valence-corrected chi connectivity index (χ3v) is 4.11. The molecule has 0 aliphatic carbocycles. The van der Waals surface area contributed by atoms with Crippen molar-refractivity contribution in [3.8, 4) is 0 Å². The second-order valence-electron chi connectivity index (χ2n) is 4.79. The van der Waals surface area contributed by atoms with E-state index in [1.165, 1.54) is 10.5 Å². The van der Waals surface area contributed by atoms with Gasteiger partial charge in [-0.2, -0.15) is 0 Å². The van der Waals surface area contributed by atoms with E-state index in [9.17, 15) is 4.79 Å². The van der Waals surface area contributed by atoms with Gasteiger partial charge in [0.05, 0.1) is 6.54 Å². The Balaban J connectivity index is 2.20. The molecule has 0 spiro atoms. The number of amides is 1. The number of carbonyl (C=O) groups is 1. The van der Waals surface area contributed by atoms with Crippen LogP contribution in [0.1, 0.15) is 18.1 Å². The third-order valence-electron chi connectivity index (χ3n) is 3.23. The van der Waals surface area contributed by atoms with Crippen molar-refractivity contribution in [1.29, 1.82) is 0 Å². The van der Waals surface area contributed by atoms with Gasteiger partial charge in [-0.15, -0.1) is 0 Å². The molecule has 1 aliphatic heterocycles. The van der Waals surface area contributed by atoms with Crippen LogP contribution in [-0.4, -0.2) is 28.9 Å². The molecule has 1 amide bonds. The minimum atomic E-state index is -0.912. The quantitative estimate of drug-likeness (QED) is 0.611. The van der Waals surface area contributed by atoms with Crippen LogP contribution >= 0.6 is 22.6 Å². The molecule has 0 saturated heterocycles. The molecule has 1 aromatic rings. The number of guanidine groups is 1. The van der Waals surface area contributed by atoms with E-state index in [1.54, 1.807) is 6.92 Å². The SMILES string of the molecule is CC1(CN)N=C(N)N(Cc2cccc(CI)c2)C1=O. The number of benzene rings is 1. The van der Waals surface area contributed by atoms with Gasteiger partial charge in [0, 0.05) is 11.0 Å². The molecule has 4 N–H and O–H groups in total. The maximum Gasteiger partial charge on any atom is 0.258 e. The zero-order chi connectivity index (χ0) is 14.0. The van der Waals surface area contributed by atoms with E-state index in [2.05, 4.69) is 39.7 Å². The van der Waals surface area contributed by atoms with Crippen LogP contribution in [0.3, 0.4) is 0 Å². The Morgan fingerprint density at radius 2 is 2.11 bits per heavy atom. The van der Waals surface area contributed by atoms with Gasteiger partial charge in [-0.25, -0.2) is 4.99 Å². The van der Waals surface area contributed by atoms with Gasteiger partial charge in [0.2, 0.25) is 0 Å². The zero-order valence-electron chi connectivity index (χ0n) is 10.8. The normalized spacial score (nSPS) is 22.8. The number of hydrogen-bond acceptors (Lipinski definition) is 4. The highest BCUT2D eigenvalue weighted by Gasteiger charge is 2.42. The summed E-state index contributed by atoms with van der Waals surface area (Å²) < 4.78 is 0.934. The number of halogens is 1. The molecule has 0 aromatic heterocycles. The predicted octanol–water partition coefficient (Wildman–Crippen LogP) is 0.996. The Kier molecular flexibility index (Phi) is 4.10. The molecule has 0 saturated carbocycles. The van der Waals surface area contributed by atoms with Gasteiger partial charge in [-0.05, 0) is 18.1 Å². The van der Waals surface area contributed by atoms with Crippen LogP contribution in [-0.2, 0) is 15.8 Å². The Morgan fingerprint density at radius 1 is 1.42 bits per heavy atom. The van der Waals surface area contributed by atoms with Crippen LogP contribution in [0, 0.1) is 0 Å². The van der Waals surface area contributed by atoms with E-state index in [0.29, 0.717) is 6.54 Å². The maximum atomic E-state index is 12.3. The molecule has 1 aliphatic rings. The fraction of sp³-hybridized carbons (Fsp3) is 0.385. The summed E-state index contributed by atoms with van der Waals surface area (Å²) in [4.78, 5) is 18.0. The number of carbonyl (C=O) groups excluding carboxylic acids is 1. The number of aliphatic imine (C=N–C) groups is 1. The smallest absolute Gasteiger partial charge is 0.258 e. The van der Waals surface area contributed by atoms with E-state index in [0.717, 1.165) is 9.99 Å². The lowest BCUT2D eigenvalue weighted by Crippen LogP contribution is -2.45. The van der Waals surface area contributed by atoms with Crippen LogP contribution in [0.5, 0.6) is 0 Å². The Labute approximate surface area is 126 Å². The van der Waals surface area contributed by atoms with Crippen molar-refractivity contribution in [3.63, 3.8) is 0 Å². The van der Waals surface area contributed by atoms with E-state index < -0.39 is 5.54 Å². The van der Waals surface area contributed by atoms with Crippen LogP contribution in [0.25, 0.3) is 0 Å². The molecule has 1 heterocycles. The molecule has 0 radical (unpaired) electrons. The Hall–Kier alpha value is -1.15. The summed E-state index contributed by atoms with van der Waals surface area (Å²) in [6.45, 7) is 2.31. The first-order valence-corrected chi connectivity index (χ1v) is 7.54. The summed E-state index contributed by atoms with van der Waals surface area (Å²) >= 11 is 2.31. The average molecular weight is 372 g/mol. The van der Waals surface area contributed by atoms with Gasteiger partial charge in [0.25, 0.3) is 5.91 Å². The molecule has 19 heavy (non-hydrogen) atoms. The zero-order valence-corrected chi connectivity index (χ0v) is 12.9. The summed E-state index contributed by atoms with van der Waals surface area (Å²) in [5.41, 5.74) is 12.8. The number of rotatable bonds is 4. The molecule has 0 fully saturated rings. The van der Waals surface area contributed by atoms with Crippen LogP contribution in [0.15, 0.2) is 29.3 Å². The minimum absolute atomic E-state index is 0.132. The summed E-state index contributed by atoms with van der Waals surface area (Å²) in [5, 5.41) is 0. The number of alkyl halides is 1. The highest BCUT2D eigenvalue weighted by atomic mass is 127. The van der Waals surface area contributed by atoms with Gasteiger partial charge in [0.1, 0.15) is 0 Å². The van der Waals surface area contributed by atoms with Gasteiger partial charge >= 0.3 is 0 Å². The Bertz CT molecular complexity index is 531. The average Bonchev–Trinajstić information content (AvgIpc) is 2.63. The highest BCUT2D eigenvalue weighted by molar-refractivity contribution is 14.1. The summed E-state index contributed by atoms with van der Waals surface area (Å²) in [6, 6.07) is 8.10. The van der Waals surface area contributed by atoms with Gasteiger partial charge < -0.3 is 11.5 Å². The minimum Gasteiger partial charge on any atom is -0.369 e. The van der Waals surface area contributed by atoms with Crippen LogP contribution < -0.4 is 11.5 Å². The van der Waals surface area contributed by atoms with Gasteiger partial charge in [0.15, 0.2) is 11.5 Å². The number of nitrogens with two attached hydrogens (primary N) is 2. The summed E-state index contributed by atoms with van der Waals surface area (Å²) in [5.74, 6) is 0.116. The topological polar surface area (TPSA) is 84.7 Å². The van der Waals surface area contributed by atoms with Gasteiger partial charge in [-0.1, -0.05) is 46.9 Å². The summed E-state index contributed by atoms with van der Waals surface area (Å²) in [6.07, 6.45) is 0. The summed E-state index contributed by atoms with van der Waals surface area (Å²) in [7, 11) is 0. The monoisotopic (exact) mass is 372 g/mol. The second-order valence-corrected chi connectivity index (χ2v) is 5.56. The molecule has 1 aromatic carbocycles. The molecule has 6 heteroatoms. The van der Waals surface area contributed by atoms with Gasteiger partial charge in [-0.3, -0.25) is 9.69 Å². The first-order valence-electron chi connectivity index (χ1n) is 6.01. The molecule has 0 bridgehead atoms. The van der Waals surface area contributed by atoms with Crippen molar-refractivity contribution in [1.82, 2.24) is 4.90 Å². The molecular formula is C13H17IN4O. The maximum absolute atomic E-state index is 12.3. The van der Waals surface area contributed by atoms with Crippen LogP contribution in [0.4, 0.5) is 0 Å². The van der Waals surface area contributed by atoms with Crippen molar-refractivity contribution in [3.05, 3.63) is 35.4 Å². The van der Waals surface area contributed by atoms with E-state index in [1.807, 2.05) is 12.1 Å². The number of nitrogens with zero attached hydrogens (tertiary/aromatic N) is 2. The lowest BCUT2D eigenvalue weighted by Gasteiger charge is -2.21. The number of hydrogen-bond donors (Lipinski definition) is 2. The third kappa shape index (κ3) is 2.74. The molecular weight excluding hydrogens is 355 g/mol. The molecule has 2 rings (SSSR count). The Morgan fingerprint density at radius 3 is 2.68 bits per heavy atom. The fourth-order valence-corrected chi connectivity index (χ4v) is 2.51. The first kappa shape index (κ1) is 14.3. The standard InChI is InChI=1S/C13H17IN4O/c1-13(8-15)11(19)18(12(16)17-13)7-10-4-2-3-9(5-10)6-14/h2-5H,6-8,15H2,1H3,(H2,16,17).